The van der Waals surface area contributed by atoms with E-state index in [0.717, 1.165) is 22.4 Å². The summed E-state index contributed by atoms with van der Waals surface area (Å²) in [7, 11) is 0. The maximum atomic E-state index is 15.2. The minimum absolute atomic E-state index is 0.0795. The zero-order chi connectivity index (χ0) is 27.3. The Bertz CT molecular complexity index is 1490. The maximum Gasteiger partial charge on any atom is 0.435 e. The van der Waals surface area contributed by atoms with Gasteiger partial charge in [-0.2, -0.15) is 36.1 Å². The number of halogens is 6. The molecule has 2 heterocycles. The molecule has 0 amide bonds. The molecule has 0 spiro atoms. The summed E-state index contributed by atoms with van der Waals surface area (Å²) in [5.41, 5.74) is -5.04. The molecule has 5 nitrogen and oxygen atoms in total. The van der Waals surface area contributed by atoms with Crippen LogP contribution in [-0.2, 0) is 11.7 Å². The average molecular weight is 530 g/mol. The second kappa shape index (κ2) is 8.93. The smallest absolute Gasteiger partial charge is 0.406 e. The van der Waals surface area contributed by atoms with Crippen LogP contribution in [0.4, 0.5) is 32.0 Å². The number of nitrogens with zero attached hydrogens (tertiary/aromatic N) is 3. The van der Waals surface area contributed by atoms with E-state index in [-0.39, 0.29) is 5.69 Å². The molecule has 1 aliphatic heterocycles. The Kier molecular flexibility index (Phi) is 5.96. The predicted octanol–water partition coefficient (Wildman–Crippen LogP) is 7.17. The van der Waals surface area contributed by atoms with Crippen molar-refractivity contribution in [1.29, 1.82) is 0 Å². The molecule has 38 heavy (non-hydrogen) atoms. The number of aryl methyl sites for hydroxylation is 2. The van der Waals surface area contributed by atoms with Gasteiger partial charge in [0.25, 0.3) is 6.02 Å². The minimum atomic E-state index is -5.31. The first kappa shape index (κ1) is 25.4. The van der Waals surface area contributed by atoms with E-state index in [1.54, 1.807) is 37.3 Å². The maximum absolute atomic E-state index is 15.2. The van der Waals surface area contributed by atoms with Gasteiger partial charge in [-0.05, 0) is 43.7 Å². The monoisotopic (exact) mass is 530 g/mol. The molecular weight excluding hydrogens is 510 g/mol. The third kappa shape index (κ3) is 4.27. The Morgan fingerprint density at radius 3 is 1.92 bits per heavy atom. The van der Waals surface area contributed by atoms with Crippen molar-refractivity contribution in [3.05, 3.63) is 107 Å². The summed E-state index contributed by atoms with van der Waals surface area (Å²) in [6, 6.07) is 18.5. The molecule has 0 bridgehead atoms. The number of fused-ring (bicyclic) bond motifs is 1. The summed E-state index contributed by atoms with van der Waals surface area (Å²) in [5, 5.41) is 6.29. The molecule has 0 saturated carbocycles. The number of alkyl halides is 6. The standard InChI is InChI=1S/C27H20F6N4O/c1-16-8-12-18(13-9-16)25(27(31,32)33)21-22(26(28,29)30)36-37(20-6-4-3-5-7-20)23(21)38-24(35-25)34-19-14-10-17(2)11-15-19/h3-15H,1-2H3,(H,34,35). The Hall–Kier alpha value is -4.28. The number of ether oxygens (including phenoxy) is 1. The van der Waals surface area contributed by atoms with Crippen molar-refractivity contribution in [2.75, 3.05) is 5.32 Å². The highest BCUT2D eigenvalue weighted by atomic mass is 19.4. The van der Waals surface area contributed by atoms with Crippen LogP contribution in [0.5, 0.6) is 5.88 Å². The van der Waals surface area contributed by atoms with Gasteiger partial charge in [0.15, 0.2) is 5.69 Å². The zero-order valence-electron chi connectivity index (χ0n) is 20.0. The zero-order valence-corrected chi connectivity index (χ0v) is 20.0. The van der Waals surface area contributed by atoms with Gasteiger partial charge < -0.3 is 10.1 Å². The van der Waals surface area contributed by atoms with Crippen LogP contribution >= 0.6 is 0 Å². The van der Waals surface area contributed by atoms with E-state index in [1.165, 1.54) is 36.4 Å². The number of hydrogen-bond donors (Lipinski definition) is 1. The van der Waals surface area contributed by atoms with Gasteiger partial charge in [-0.3, -0.25) is 0 Å². The number of aromatic nitrogens is 2. The molecule has 1 unspecified atom stereocenters. The first-order valence-corrected chi connectivity index (χ1v) is 11.4. The number of amidine groups is 1. The Labute approximate surface area is 213 Å². The van der Waals surface area contributed by atoms with Crippen molar-refractivity contribution in [2.45, 2.75) is 31.7 Å². The van der Waals surface area contributed by atoms with Crippen LogP contribution in [-0.4, -0.2) is 22.0 Å². The van der Waals surface area contributed by atoms with E-state index in [0.29, 0.717) is 11.3 Å². The lowest BCUT2D eigenvalue weighted by atomic mass is 9.81. The molecule has 4 aromatic rings. The molecule has 0 radical (unpaired) electrons. The number of para-hydroxylation sites is 1. The number of rotatable bonds is 3. The second-order valence-electron chi connectivity index (χ2n) is 8.86. The average Bonchev–Trinajstić information content (AvgIpc) is 3.26. The van der Waals surface area contributed by atoms with Gasteiger partial charge in [-0.25, -0.2) is 4.99 Å². The Morgan fingerprint density at radius 2 is 1.37 bits per heavy atom. The fourth-order valence-corrected chi connectivity index (χ4v) is 4.27. The van der Waals surface area contributed by atoms with Gasteiger partial charge in [0.05, 0.1) is 11.3 Å². The molecule has 0 aliphatic carbocycles. The summed E-state index contributed by atoms with van der Waals surface area (Å²) >= 11 is 0. The van der Waals surface area contributed by atoms with E-state index >= 15 is 13.2 Å². The lowest BCUT2D eigenvalue weighted by Crippen LogP contribution is -2.47. The van der Waals surface area contributed by atoms with Gasteiger partial charge in [0, 0.05) is 5.69 Å². The SMILES string of the molecule is Cc1ccc(NC2=NC(c3ccc(C)cc3)(C(F)(F)F)c3c(C(F)(F)F)nn(-c4ccccc4)c3O2)cc1. The first-order chi connectivity index (χ1) is 17.9. The highest BCUT2D eigenvalue weighted by Gasteiger charge is 2.65. The van der Waals surface area contributed by atoms with Gasteiger partial charge in [0.1, 0.15) is 0 Å². The van der Waals surface area contributed by atoms with E-state index in [1.807, 2.05) is 6.92 Å². The van der Waals surface area contributed by atoms with Crippen LogP contribution in [0.3, 0.4) is 0 Å². The summed E-state index contributed by atoms with van der Waals surface area (Å²) in [5.74, 6) is -0.744. The van der Waals surface area contributed by atoms with Crippen molar-refractivity contribution >= 4 is 11.7 Å². The third-order valence-corrected chi connectivity index (χ3v) is 6.12. The van der Waals surface area contributed by atoms with E-state index in [2.05, 4.69) is 15.4 Å². The van der Waals surface area contributed by atoms with Crippen molar-refractivity contribution in [1.82, 2.24) is 9.78 Å². The summed E-state index contributed by atoms with van der Waals surface area (Å²) in [4.78, 5) is 3.83. The molecule has 0 saturated heterocycles. The number of hydrogen-bond acceptors (Lipinski definition) is 4. The molecule has 1 N–H and O–H groups in total. The molecule has 1 atom stereocenters. The second-order valence-corrected chi connectivity index (χ2v) is 8.86. The van der Waals surface area contributed by atoms with Crippen molar-refractivity contribution in [3.63, 3.8) is 0 Å². The molecule has 0 fully saturated rings. The van der Waals surface area contributed by atoms with Crippen LogP contribution in [0.2, 0.25) is 0 Å². The summed E-state index contributed by atoms with van der Waals surface area (Å²) in [6.07, 6.45) is -10.6. The number of nitrogens with one attached hydrogen (secondary N) is 1. The Balaban J connectivity index is 1.85. The predicted molar refractivity (Wildman–Crippen MR) is 129 cm³/mol. The van der Waals surface area contributed by atoms with Crippen molar-refractivity contribution in [2.24, 2.45) is 4.99 Å². The number of aliphatic imine (C=N–C) groups is 1. The molecular formula is C27H20F6N4O. The topological polar surface area (TPSA) is 51.4 Å². The van der Waals surface area contributed by atoms with Gasteiger partial charge >= 0.3 is 12.4 Å². The number of anilines is 1. The lowest BCUT2D eigenvalue weighted by molar-refractivity contribution is -0.181. The van der Waals surface area contributed by atoms with Crippen LogP contribution in [0.15, 0.2) is 83.9 Å². The van der Waals surface area contributed by atoms with Gasteiger partial charge in [-0.1, -0.05) is 65.7 Å². The normalized spacial score (nSPS) is 17.4. The van der Waals surface area contributed by atoms with Crippen molar-refractivity contribution < 1.29 is 31.1 Å². The van der Waals surface area contributed by atoms with Gasteiger partial charge in [0.2, 0.25) is 11.4 Å². The minimum Gasteiger partial charge on any atom is -0.406 e. The fraction of sp³-hybridized carbons (Fsp3) is 0.185. The van der Waals surface area contributed by atoms with E-state index in [4.69, 9.17) is 4.74 Å². The molecule has 1 aromatic heterocycles. The van der Waals surface area contributed by atoms with Crippen molar-refractivity contribution in [3.8, 4) is 11.6 Å². The molecule has 3 aromatic carbocycles. The van der Waals surface area contributed by atoms with E-state index < -0.39 is 46.6 Å². The van der Waals surface area contributed by atoms with Gasteiger partial charge in [-0.15, -0.1) is 0 Å². The highest BCUT2D eigenvalue weighted by Crippen LogP contribution is 2.56. The van der Waals surface area contributed by atoms with Crippen LogP contribution in [0, 0.1) is 13.8 Å². The summed E-state index contributed by atoms with van der Waals surface area (Å²) < 4.78 is 95.0. The quantitative estimate of drug-likeness (QED) is 0.286. The molecule has 196 valence electrons. The Morgan fingerprint density at radius 1 is 0.789 bits per heavy atom. The molecule has 5 rings (SSSR count). The van der Waals surface area contributed by atoms with Crippen LogP contribution < -0.4 is 10.1 Å². The summed E-state index contributed by atoms with van der Waals surface area (Å²) in [6.45, 7) is 3.48. The highest BCUT2D eigenvalue weighted by molar-refractivity contribution is 5.92. The fourth-order valence-electron chi connectivity index (χ4n) is 4.27. The third-order valence-electron chi connectivity index (χ3n) is 6.12. The molecule has 1 aliphatic rings. The van der Waals surface area contributed by atoms with E-state index in [9.17, 15) is 13.2 Å². The lowest BCUT2D eigenvalue weighted by Gasteiger charge is -2.36. The molecule has 11 heteroatoms. The first-order valence-electron chi connectivity index (χ1n) is 11.4. The van der Waals surface area contributed by atoms with Crippen LogP contribution in [0.1, 0.15) is 27.9 Å². The van der Waals surface area contributed by atoms with Crippen LogP contribution in [0.25, 0.3) is 5.69 Å². The largest absolute Gasteiger partial charge is 0.435 e. The number of benzene rings is 3.